The van der Waals surface area contributed by atoms with Crippen LogP contribution in [-0.2, 0) is 0 Å². The fraction of sp³-hybridized carbons (Fsp3) is 0.429. The molecule has 2 aliphatic carbocycles. The minimum atomic E-state index is -0.714. The smallest absolute Gasteiger partial charge is 0.156 e. The van der Waals surface area contributed by atoms with Gasteiger partial charge in [-0.25, -0.2) is 13.9 Å². The van der Waals surface area contributed by atoms with Crippen LogP contribution in [0, 0.1) is 24.7 Å². The quantitative estimate of drug-likeness (QED) is 0.677. The predicted octanol–water partition coefficient (Wildman–Crippen LogP) is 3.06. The molecule has 0 bridgehead atoms. The second-order valence-electron chi connectivity index (χ2n) is 7.93. The van der Waals surface area contributed by atoms with Gasteiger partial charge >= 0.3 is 0 Å². The topological polar surface area (TPSA) is 107 Å². The molecule has 0 aliphatic heterocycles. The lowest BCUT2D eigenvalue weighted by Gasteiger charge is -2.17. The number of nitrogens with two attached hydrogens (primary N) is 1. The van der Waals surface area contributed by atoms with Gasteiger partial charge in [0.05, 0.1) is 23.3 Å². The Kier molecular flexibility index (Phi) is 6.04. The van der Waals surface area contributed by atoms with E-state index < -0.39 is 11.5 Å². The van der Waals surface area contributed by atoms with E-state index in [0.29, 0.717) is 17.3 Å². The Bertz CT molecular complexity index is 1020. The number of imidazole rings is 1. The zero-order valence-electron chi connectivity index (χ0n) is 17.3. The van der Waals surface area contributed by atoms with Crippen LogP contribution in [0.2, 0.25) is 0 Å². The number of halogens is 1. The number of allylic oxidation sites excluding steroid dienone is 4. The van der Waals surface area contributed by atoms with Crippen molar-refractivity contribution < 1.29 is 4.39 Å². The molecule has 1 saturated carbocycles. The maximum Gasteiger partial charge on any atom is 0.156 e. The Morgan fingerprint density at radius 3 is 2.48 bits per heavy atom. The Balaban J connectivity index is 0.000000224. The summed E-state index contributed by atoms with van der Waals surface area (Å²) in [7, 11) is 4.26. The second-order valence-corrected chi connectivity index (χ2v) is 7.93. The van der Waals surface area contributed by atoms with Crippen LogP contribution >= 0.6 is 0 Å². The fourth-order valence-corrected chi connectivity index (χ4v) is 3.60. The molecule has 2 unspecified atom stereocenters. The van der Waals surface area contributed by atoms with Crippen molar-refractivity contribution in [3.8, 4) is 0 Å². The summed E-state index contributed by atoms with van der Waals surface area (Å²) in [5.74, 6) is -0.714. The van der Waals surface area contributed by atoms with Crippen molar-refractivity contribution in [2.45, 2.75) is 45.2 Å². The van der Waals surface area contributed by atoms with Gasteiger partial charge in [-0.05, 0) is 71.0 Å². The molecule has 2 aromatic rings. The van der Waals surface area contributed by atoms with Crippen LogP contribution in [0.15, 0.2) is 30.2 Å². The van der Waals surface area contributed by atoms with E-state index in [1.54, 1.807) is 16.8 Å². The van der Waals surface area contributed by atoms with Crippen LogP contribution in [0.25, 0.3) is 11.2 Å². The highest BCUT2D eigenvalue weighted by molar-refractivity contribution is 6.51. The molecule has 0 radical (unpaired) electrons. The van der Waals surface area contributed by atoms with Gasteiger partial charge in [0.2, 0.25) is 0 Å². The number of rotatable bonds is 2. The third-order valence-corrected chi connectivity index (χ3v) is 5.29. The van der Waals surface area contributed by atoms with Crippen LogP contribution < -0.4 is 5.73 Å². The van der Waals surface area contributed by atoms with Crippen molar-refractivity contribution in [3.63, 3.8) is 0 Å². The first kappa shape index (κ1) is 21.0. The molecular formula is C21H28FN7. The van der Waals surface area contributed by atoms with Crippen molar-refractivity contribution in [2.75, 3.05) is 14.1 Å². The van der Waals surface area contributed by atoms with Crippen LogP contribution in [0.5, 0.6) is 0 Å². The molecule has 7 nitrogen and oxygen atoms in total. The van der Waals surface area contributed by atoms with E-state index in [1.807, 2.05) is 13.8 Å². The molecule has 1 fully saturated rings. The monoisotopic (exact) mass is 397 g/mol. The normalized spacial score (nSPS) is 21.9. The molecule has 2 aromatic heterocycles. The van der Waals surface area contributed by atoms with Gasteiger partial charge in [0.25, 0.3) is 0 Å². The van der Waals surface area contributed by atoms with Crippen LogP contribution in [0.3, 0.4) is 0 Å². The highest BCUT2D eigenvalue weighted by atomic mass is 19.1. The van der Waals surface area contributed by atoms with Gasteiger partial charge in [0.15, 0.2) is 11.5 Å². The molecule has 2 heterocycles. The van der Waals surface area contributed by atoms with Gasteiger partial charge in [-0.15, -0.1) is 0 Å². The average molecular weight is 398 g/mol. The molecule has 2 atom stereocenters. The molecule has 2 aliphatic rings. The summed E-state index contributed by atoms with van der Waals surface area (Å²) in [6.45, 7) is 3.79. The minimum absolute atomic E-state index is 0.152. The largest absolute Gasteiger partial charge is 0.328 e. The first-order valence-corrected chi connectivity index (χ1v) is 9.68. The first-order chi connectivity index (χ1) is 13.7. The summed E-state index contributed by atoms with van der Waals surface area (Å²) in [6, 6.07) is 3.02. The summed E-state index contributed by atoms with van der Waals surface area (Å²) in [4.78, 5) is 6.63. The summed E-state index contributed by atoms with van der Waals surface area (Å²) >= 11 is 0. The van der Waals surface area contributed by atoms with Gasteiger partial charge in [0.1, 0.15) is 5.71 Å². The van der Waals surface area contributed by atoms with Gasteiger partial charge in [-0.1, -0.05) is 0 Å². The zero-order chi connectivity index (χ0) is 21.3. The summed E-state index contributed by atoms with van der Waals surface area (Å²) < 4.78 is 15.2. The Hall–Kier alpha value is -2.71. The Morgan fingerprint density at radius 1 is 1.21 bits per heavy atom. The zero-order valence-corrected chi connectivity index (χ0v) is 17.3. The molecule has 4 rings (SSSR count). The number of hydrogen-bond acceptors (Lipinski definition) is 6. The molecule has 4 N–H and O–H groups in total. The Morgan fingerprint density at radius 2 is 1.93 bits per heavy atom. The third-order valence-electron chi connectivity index (χ3n) is 5.29. The van der Waals surface area contributed by atoms with E-state index in [-0.39, 0.29) is 5.71 Å². The molecule has 29 heavy (non-hydrogen) atoms. The first-order valence-electron chi connectivity index (χ1n) is 9.68. The SMILES string of the molecule is CN(C)C1CCC(N)C1.Cc1cn2nc(C3=CC(=N)C(=N)C(F)=C3)cc(C)c2n1. The maximum atomic E-state index is 13.6. The lowest BCUT2D eigenvalue weighted by atomic mass is 10.00. The van der Waals surface area contributed by atoms with Crippen molar-refractivity contribution in [1.82, 2.24) is 19.5 Å². The minimum Gasteiger partial charge on any atom is -0.328 e. The molecule has 8 heteroatoms. The second kappa shape index (κ2) is 8.34. The third kappa shape index (κ3) is 4.65. The van der Waals surface area contributed by atoms with E-state index in [9.17, 15) is 4.39 Å². The lowest BCUT2D eigenvalue weighted by molar-refractivity contribution is 0.297. The van der Waals surface area contributed by atoms with Gasteiger partial charge in [-0.2, -0.15) is 5.10 Å². The van der Waals surface area contributed by atoms with E-state index in [4.69, 9.17) is 16.6 Å². The van der Waals surface area contributed by atoms with Crippen LogP contribution in [0.1, 0.15) is 36.2 Å². The number of nitrogens with one attached hydrogen (secondary N) is 2. The van der Waals surface area contributed by atoms with Crippen molar-refractivity contribution in [3.05, 3.63) is 47.2 Å². The highest BCUT2D eigenvalue weighted by Crippen LogP contribution is 2.23. The lowest BCUT2D eigenvalue weighted by Crippen LogP contribution is -2.27. The van der Waals surface area contributed by atoms with Crippen molar-refractivity contribution >= 4 is 22.6 Å². The molecule has 0 spiro atoms. The molecular weight excluding hydrogens is 369 g/mol. The van der Waals surface area contributed by atoms with Gasteiger partial charge in [-0.3, -0.25) is 10.8 Å². The number of fused-ring (bicyclic) bond motifs is 1. The highest BCUT2D eigenvalue weighted by Gasteiger charge is 2.22. The molecule has 0 saturated heterocycles. The average Bonchev–Trinajstić information content (AvgIpc) is 3.25. The Labute approximate surface area is 170 Å². The van der Waals surface area contributed by atoms with Gasteiger partial charge in [0, 0.05) is 17.7 Å². The van der Waals surface area contributed by atoms with E-state index in [0.717, 1.165) is 22.9 Å². The van der Waals surface area contributed by atoms with E-state index in [1.165, 1.54) is 31.4 Å². The summed E-state index contributed by atoms with van der Waals surface area (Å²) in [5.41, 5.74) is 8.76. The number of hydrogen-bond donors (Lipinski definition) is 3. The van der Waals surface area contributed by atoms with Gasteiger partial charge < -0.3 is 10.6 Å². The summed E-state index contributed by atoms with van der Waals surface area (Å²) in [6.07, 6.45) is 8.16. The predicted molar refractivity (Wildman–Crippen MR) is 114 cm³/mol. The summed E-state index contributed by atoms with van der Waals surface area (Å²) in [5, 5.41) is 19.4. The maximum absolute atomic E-state index is 13.6. The number of aromatic nitrogens is 3. The van der Waals surface area contributed by atoms with E-state index >= 15 is 0 Å². The molecule has 154 valence electrons. The number of aryl methyl sites for hydroxylation is 2. The van der Waals surface area contributed by atoms with Crippen molar-refractivity contribution in [1.29, 1.82) is 10.8 Å². The molecule has 0 aromatic carbocycles. The standard InChI is InChI=1S/C14H12FN5.C7H16N2/c1-7-3-12(19-20-6-8(2)18-14(7)20)9-4-10(15)13(17)11(16)5-9;1-9(2)7-4-3-6(8)5-7/h3-6,16-17H,1-2H3;6-7H,3-5,8H2,1-2H3. The molecule has 0 amide bonds. The fourth-order valence-electron chi connectivity index (χ4n) is 3.60. The van der Waals surface area contributed by atoms with E-state index in [2.05, 4.69) is 29.1 Å². The van der Waals surface area contributed by atoms with Crippen molar-refractivity contribution in [2.24, 2.45) is 5.73 Å². The van der Waals surface area contributed by atoms with Crippen LogP contribution in [-0.4, -0.2) is 57.1 Å². The number of nitrogens with zero attached hydrogens (tertiary/aromatic N) is 4. The van der Waals surface area contributed by atoms with Crippen LogP contribution in [0.4, 0.5) is 4.39 Å².